The molecule has 6 nitrogen and oxygen atoms in total. The van der Waals surface area contributed by atoms with E-state index in [-0.39, 0.29) is 11.8 Å². The molecule has 0 spiro atoms. The molecule has 1 aromatic carbocycles. The SMILES string of the molecule is COc1ccc(NC(=O)C(Sc2nc(C)nc(C)c2C#N)C(C)C)cc1. The van der Waals surface area contributed by atoms with Gasteiger partial charge >= 0.3 is 0 Å². The van der Waals surface area contributed by atoms with Gasteiger partial charge in [0.15, 0.2) is 0 Å². The number of carbonyl (C=O) groups is 1. The Hall–Kier alpha value is -2.59. The molecule has 2 aromatic rings. The maximum absolute atomic E-state index is 12.8. The van der Waals surface area contributed by atoms with Crippen LogP contribution in [0.1, 0.15) is 30.9 Å². The lowest BCUT2D eigenvalue weighted by atomic mass is 10.1. The number of nitriles is 1. The number of benzene rings is 1. The first kappa shape index (κ1) is 19.7. The van der Waals surface area contributed by atoms with Crippen molar-refractivity contribution in [2.24, 2.45) is 5.92 Å². The molecule has 1 amide bonds. The van der Waals surface area contributed by atoms with Crippen molar-refractivity contribution >= 4 is 23.4 Å². The van der Waals surface area contributed by atoms with Crippen LogP contribution >= 0.6 is 11.8 Å². The third-order valence-electron chi connectivity index (χ3n) is 3.74. The first-order valence-electron chi connectivity index (χ1n) is 8.22. The summed E-state index contributed by atoms with van der Waals surface area (Å²) in [6.07, 6.45) is 0. The molecule has 0 bridgehead atoms. The van der Waals surface area contributed by atoms with Gasteiger partial charge in [0.05, 0.1) is 18.1 Å². The van der Waals surface area contributed by atoms with E-state index in [1.54, 1.807) is 45.2 Å². The molecule has 1 atom stereocenters. The lowest BCUT2D eigenvalue weighted by Crippen LogP contribution is -2.30. The first-order valence-corrected chi connectivity index (χ1v) is 9.10. The molecular weight excluding hydrogens is 348 g/mol. The maximum Gasteiger partial charge on any atom is 0.238 e. The molecule has 7 heteroatoms. The third-order valence-corrected chi connectivity index (χ3v) is 5.27. The molecule has 0 saturated heterocycles. The second-order valence-electron chi connectivity index (χ2n) is 6.15. The predicted octanol–water partition coefficient (Wildman–Crippen LogP) is 3.73. The van der Waals surface area contributed by atoms with Gasteiger partial charge in [-0.15, -0.1) is 0 Å². The number of aromatic nitrogens is 2. The molecule has 0 aliphatic carbocycles. The Labute approximate surface area is 158 Å². The molecule has 1 aromatic heterocycles. The van der Waals surface area contributed by atoms with Gasteiger partial charge < -0.3 is 10.1 Å². The van der Waals surface area contributed by atoms with E-state index in [1.807, 2.05) is 13.8 Å². The number of methoxy groups -OCH3 is 1. The maximum atomic E-state index is 12.8. The number of ether oxygens (including phenoxy) is 1. The minimum absolute atomic E-state index is 0.0559. The molecule has 0 fully saturated rings. The van der Waals surface area contributed by atoms with Gasteiger partial charge in [-0.3, -0.25) is 4.79 Å². The van der Waals surface area contributed by atoms with Crippen LogP contribution in [0.15, 0.2) is 29.3 Å². The summed E-state index contributed by atoms with van der Waals surface area (Å²) < 4.78 is 5.13. The zero-order valence-corrected chi connectivity index (χ0v) is 16.3. The average molecular weight is 370 g/mol. The fourth-order valence-corrected chi connectivity index (χ4v) is 3.57. The Morgan fingerprint density at radius 3 is 2.42 bits per heavy atom. The highest BCUT2D eigenvalue weighted by Crippen LogP contribution is 2.31. The summed E-state index contributed by atoms with van der Waals surface area (Å²) in [6, 6.07) is 9.31. The van der Waals surface area contributed by atoms with Crippen molar-refractivity contribution in [2.75, 3.05) is 12.4 Å². The van der Waals surface area contributed by atoms with Crippen molar-refractivity contribution in [3.05, 3.63) is 41.3 Å². The lowest BCUT2D eigenvalue weighted by molar-refractivity contribution is -0.116. The van der Waals surface area contributed by atoms with E-state index < -0.39 is 5.25 Å². The number of nitrogens with one attached hydrogen (secondary N) is 1. The van der Waals surface area contributed by atoms with E-state index in [0.29, 0.717) is 27.8 Å². The molecule has 2 rings (SSSR count). The summed E-state index contributed by atoms with van der Waals surface area (Å²) in [5.41, 5.74) is 1.74. The zero-order chi connectivity index (χ0) is 19.3. The van der Waals surface area contributed by atoms with Crippen molar-refractivity contribution in [3.8, 4) is 11.8 Å². The van der Waals surface area contributed by atoms with Gasteiger partial charge in [0.25, 0.3) is 0 Å². The van der Waals surface area contributed by atoms with E-state index >= 15 is 0 Å². The van der Waals surface area contributed by atoms with Gasteiger partial charge in [-0.2, -0.15) is 5.26 Å². The highest BCUT2D eigenvalue weighted by Gasteiger charge is 2.26. The van der Waals surface area contributed by atoms with Crippen LogP contribution < -0.4 is 10.1 Å². The van der Waals surface area contributed by atoms with Gasteiger partial charge in [0.1, 0.15) is 28.2 Å². The highest BCUT2D eigenvalue weighted by molar-refractivity contribution is 8.00. The van der Waals surface area contributed by atoms with Gasteiger partial charge in [0, 0.05) is 5.69 Å². The number of anilines is 1. The Morgan fingerprint density at radius 2 is 1.88 bits per heavy atom. The molecule has 1 heterocycles. The van der Waals surface area contributed by atoms with Crippen LogP contribution in [0.2, 0.25) is 0 Å². The number of aryl methyl sites for hydroxylation is 2. The summed E-state index contributed by atoms with van der Waals surface area (Å²) >= 11 is 1.30. The van der Waals surface area contributed by atoms with Crippen LogP contribution in [-0.2, 0) is 4.79 Å². The van der Waals surface area contributed by atoms with Gasteiger partial charge in [0.2, 0.25) is 5.91 Å². The first-order chi connectivity index (χ1) is 12.3. The summed E-state index contributed by atoms with van der Waals surface area (Å²) in [6.45, 7) is 7.50. The van der Waals surface area contributed by atoms with E-state index in [9.17, 15) is 10.1 Å². The van der Waals surface area contributed by atoms with Crippen molar-refractivity contribution in [3.63, 3.8) is 0 Å². The van der Waals surface area contributed by atoms with Crippen molar-refractivity contribution < 1.29 is 9.53 Å². The Bertz CT molecular complexity index is 829. The molecule has 0 radical (unpaired) electrons. The van der Waals surface area contributed by atoms with E-state index in [0.717, 1.165) is 5.75 Å². The van der Waals surface area contributed by atoms with E-state index in [4.69, 9.17) is 4.74 Å². The zero-order valence-electron chi connectivity index (χ0n) is 15.5. The minimum atomic E-state index is -0.391. The molecular formula is C19H22N4O2S. The molecule has 0 saturated carbocycles. The molecule has 1 unspecified atom stereocenters. The Balaban J connectivity index is 2.23. The third kappa shape index (κ3) is 4.73. The lowest BCUT2D eigenvalue weighted by Gasteiger charge is -2.20. The van der Waals surface area contributed by atoms with Crippen molar-refractivity contribution in [1.29, 1.82) is 5.26 Å². The molecule has 1 N–H and O–H groups in total. The van der Waals surface area contributed by atoms with Crippen molar-refractivity contribution in [2.45, 2.75) is 38.0 Å². The van der Waals surface area contributed by atoms with E-state index in [2.05, 4.69) is 21.4 Å². The number of amides is 1. The average Bonchev–Trinajstić information content (AvgIpc) is 2.59. The number of thioether (sulfide) groups is 1. The molecule has 0 aliphatic heterocycles. The number of carbonyl (C=O) groups excluding carboxylic acids is 1. The van der Waals surface area contributed by atoms with Crippen LogP contribution in [0.3, 0.4) is 0 Å². The number of hydrogen-bond donors (Lipinski definition) is 1. The van der Waals surface area contributed by atoms with Gasteiger partial charge in [-0.05, 0) is 44.0 Å². The standard InChI is InChI=1S/C19H22N4O2S/c1-11(2)17(18(24)23-14-6-8-15(25-5)9-7-14)26-19-16(10-20)12(3)21-13(4)22-19/h6-9,11,17H,1-5H3,(H,23,24). The molecule has 136 valence electrons. The second-order valence-corrected chi connectivity index (χ2v) is 7.28. The summed E-state index contributed by atoms with van der Waals surface area (Å²) in [5, 5.41) is 12.5. The second kappa shape index (κ2) is 8.68. The monoisotopic (exact) mass is 370 g/mol. The number of rotatable bonds is 6. The highest BCUT2D eigenvalue weighted by atomic mass is 32.2. The van der Waals surface area contributed by atoms with Crippen LogP contribution in [0.4, 0.5) is 5.69 Å². The topological polar surface area (TPSA) is 87.9 Å². The largest absolute Gasteiger partial charge is 0.497 e. The number of nitrogens with zero attached hydrogens (tertiary/aromatic N) is 3. The smallest absolute Gasteiger partial charge is 0.238 e. The van der Waals surface area contributed by atoms with Crippen LogP contribution in [0.5, 0.6) is 5.75 Å². The fraction of sp³-hybridized carbons (Fsp3) is 0.368. The normalized spacial score (nSPS) is 11.7. The van der Waals surface area contributed by atoms with Crippen molar-refractivity contribution in [1.82, 2.24) is 9.97 Å². The Kier molecular flexibility index (Phi) is 6.58. The van der Waals surface area contributed by atoms with Crippen LogP contribution in [-0.4, -0.2) is 28.2 Å². The van der Waals surface area contributed by atoms with Gasteiger partial charge in [-0.1, -0.05) is 25.6 Å². The quantitative estimate of drug-likeness (QED) is 0.616. The Morgan fingerprint density at radius 1 is 1.23 bits per heavy atom. The van der Waals surface area contributed by atoms with Crippen LogP contribution in [0.25, 0.3) is 0 Å². The van der Waals surface area contributed by atoms with E-state index in [1.165, 1.54) is 11.8 Å². The summed E-state index contributed by atoms with van der Waals surface area (Å²) in [7, 11) is 1.59. The number of hydrogen-bond acceptors (Lipinski definition) is 6. The molecule has 26 heavy (non-hydrogen) atoms. The van der Waals surface area contributed by atoms with Crippen LogP contribution in [0, 0.1) is 31.1 Å². The fourth-order valence-electron chi connectivity index (χ4n) is 2.40. The van der Waals surface area contributed by atoms with Gasteiger partial charge in [-0.25, -0.2) is 9.97 Å². The molecule has 0 aliphatic rings. The predicted molar refractivity (Wildman–Crippen MR) is 102 cm³/mol. The summed E-state index contributed by atoms with van der Waals surface area (Å²) in [5.74, 6) is 1.23. The minimum Gasteiger partial charge on any atom is -0.497 e. The summed E-state index contributed by atoms with van der Waals surface area (Å²) in [4.78, 5) is 21.4.